The molecule has 0 aliphatic carbocycles. The van der Waals surface area contributed by atoms with Crippen molar-refractivity contribution in [1.82, 2.24) is 0 Å². The van der Waals surface area contributed by atoms with Gasteiger partial charge in [0, 0.05) is 12.1 Å². The molecule has 6 heteroatoms. The Kier molecular flexibility index (Phi) is 3.99. The van der Waals surface area contributed by atoms with Gasteiger partial charge in [-0.2, -0.15) is 5.26 Å². The largest absolute Gasteiger partial charge is 0.493 e. The average Bonchev–Trinajstić information content (AvgIpc) is 2.48. The second kappa shape index (κ2) is 5.70. The highest BCUT2D eigenvalue weighted by molar-refractivity contribution is 6.05. The quantitative estimate of drug-likeness (QED) is 0.847. The van der Waals surface area contributed by atoms with E-state index < -0.39 is 0 Å². The summed E-state index contributed by atoms with van der Waals surface area (Å²) in [5.41, 5.74) is 1.41. The molecule has 0 radical (unpaired) electrons. The van der Waals surface area contributed by atoms with Crippen LogP contribution in [0.25, 0.3) is 0 Å². The van der Waals surface area contributed by atoms with Gasteiger partial charge in [-0.25, -0.2) is 0 Å². The van der Waals surface area contributed by atoms with Crippen molar-refractivity contribution < 1.29 is 14.3 Å². The number of benzene rings is 1. The van der Waals surface area contributed by atoms with E-state index in [0.717, 1.165) is 5.69 Å². The van der Waals surface area contributed by atoms with Crippen LogP contribution in [0.4, 0.5) is 11.4 Å². The van der Waals surface area contributed by atoms with E-state index in [-0.39, 0.29) is 18.5 Å². The van der Waals surface area contributed by atoms with Gasteiger partial charge in [0.1, 0.15) is 12.6 Å². The lowest BCUT2D eigenvalue weighted by molar-refractivity contribution is -0.119. The standard InChI is InChI=1S/C14H17N3O3/c1-4-9-14(18)17(6-5-15)11-8-13(20-3)12(19-2)7-10(11)16-9/h7-9,16H,4,6H2,1-3H3. The minimum absolute atomic E-state index is 0.0134. The molecule has 1 aliphatic heterocycles. The SMILES string of the molecule is CCC1Nc2cc(OC)c(OC)cc2N(CC#N)C1=O. The van der Waals surface area contributed by atoms with E-state index in [0.29, 0.717) is 23.6 Å². The van der Waals surface area contributed by atoms with Crippen LogP contribution in [0.2, 0.25) is 0 Å². The molecule has 2 rings (SSSR count). The van der Waals surface area contributed by atoms with Gasteiger partial charge in [0.25, 0.3) is 0 Å². The molecule has 1 unspecified atom stereocenters. The smallest absolute Gasteiger partial charge is 0.250 e. The van der Waals surface area contributed by atoms with Gasteiger partial charge in [-0.15, -0.1) is 0 Å². The molecule has 6 nitrogen and oxygen atoms in total. The minimum atomic E-state index is -0.325. The normalized spacial score (nSPS) is 17.0. The van der Waals surface area contributed by atoms with Crippen LogP contribution in [0, 0.1) is 11.3 Å². The van der Waals surface area contributed by atoms with Gasteiger partial charge in [-0.1, -0.05) is 6.92 Å². The Morgan fingerprint density at radius 2 is 2.00 bits per heavy atom. The highest BCUT2D eigenvalue weighted by atomic mass is 16.5. The number of carbonyl (C=O) groups is 1. The summed E-state index contributed by atoms with van der Waals surface area (Å²) in [4.78, 5) is 13.8. The molecule has 1 amide bonds. The fourth-order valence-electron chi connectivity index (χ4n) is 2.27. The maximum atomic E-state index is 12.3. The molecule has 0 saturated heterocycles. The highest BCUT2D eigenvalue weighted by Gasteiger charge is 2.32. The highest BCUT2D eigenvalue weighted by Crippen LogP contribution is 2.41. The second-order valence-corrected chi connectivity index (χ2v) is 4.41. The number of amides is 1. The number of nitrogens with zero attached hydrogens (tertiary/aromatic N) is 2. The van der Waals surface area contributed by atoms with Crippen molar-refractivity contribution in [2.45, 2.75) is 19.4 Å². The molecule has 0 fully saturated rings. The molecule has 1 aromatic carbocycles. The summed E-state index contributed by atoms with van der Waals surface area (Å²) in [6, 6.07) is 5.20. The average molecular weight is 275 g/mol. The van der Waals surface area contributed by atoms with Crippen molar-refractivity contribution in [2.24, 2.45) is 0 Å². The summed E-state index contributed by atoms with van der Waals surface area (Å²) < 4.78 is 10.5. The first-order valence-corrected chi connectivity index (χ1v) is 6.37. The molecule has 106 valence electrons. The van der Waals surface area contributed by atoms with Gasteiger partial charge >= 0.3 is 0 Å². The van der Waals surface area contributed by atoms with E-state index in [1.807, 2.05) is 13.0 Å². The van der Waals surface area contributed by atoms with Crippen molar-refractivity contribution in [1.29, 1.82) is 5.26 Å². The number of ether oxygens (including phenoxy) is 2. The lowest BCUT2D eigenvalue weighted by atomic mass is 10.1. The molecular weight excluding hydrogens is 258 g/mol. The number of hydrogen-bond acceptors (Lipinski definition) is 5. The van der Waals surface area contributed by atoms with Crippen LogP contribution in [0.5, 0.6) is 11.5 Å². The fraction of sp³-hybridized carbons (Fsp3) is 0.429. The molecule has 1 atom stereocenters. The van der Waals surface area contributed by atoms with Crippen LogP contribution in [0.1, 0.15) is 13.3 Å². The zero-order chi connectivity index (χ0) is 14.7. The molecule has 20 heavy (non-hydrogen) atoms. The van der Waals surface area contributed by atoms with Crippen LogP contribution in [0.15, 0.2) is 12.1 Å². The molecule has 1 aliphatic rings. The lowest BCUT2D eigenvalue weighted by Gasteiger charge is -2.34. The first-order valence-electron chi connectivity index (χ1n) is 6.37. The van der Waals surface area contributed by atoms with E-state index in [1.165, 1.54) is 12.0 Å². The summed E-state index contributed by atoms with van der Waals surface area (Å²) in [7, 11) is 3.09. The summed E-state index contributed by atoms with van der Waals surface area (Å²) in [5.74, 6) is 1.01. The lowest BCUT2D eigenvalue weighted by Crippen LogP contribution is -2.47. The molecule has 0 saturated carbocycles. The number of nitriles is 1. The van der Waals surface area contributed by atoms with Gasteiger partial charge in [0.2, 0.25) is 5.91 Å². The number of rotatable bonds is 4. The third-order valence-electron chi connectivity index (χ3n) is 3.32. The van der Waals surface area contributed by atoms with Gasteiger partial charge in [-0.3, -0.25) is 9.69 Å². The molecule has 0 bridgehead atoms. The van der Waals surface area contributed by atoms with Crippen molar-refractivity contribution in [3.05, 3.63) is 12.1 Å². The third kappa shape index (κ3) is 2.23. The number of fused-ring (bicyclic) bond motifs is 1. The molecule has 1 N–H and O–H groups in total. The minimum Gasteiger partial charge on any atom is -0.493 e. The molecular formula is C14H17N3O3. The zero-order valence-corrected chi connectivity index (χ0v) is 11.8. The predicted molar refractivity (Wildman–Crippen MR) is 75.2 cm³/mol. The Hall–Kier alpha value is -2.42. The van der Waals surface area contributed by atoms with Crippen LogP contribution in [0.3, 0.4) is 0 Å². The number of nitrogens with one attached hydrogen (secondary N) is 1. The van der Waals surface area contributed by atoms with Crippen LogP contribution >= 0.6 is 0 Å². The van der Waals surface area contributed by atoms with Gasteiger partial charge in [0.15, 0.2) is 11.5 Å². The topological polar surface area (TPSA) is 74.6 Å². The van der Waals surface area contributed by atoms with Gasteiger partial charge in [0.05, 0.1) is 31.7 Å². The van der Waals surface area contributed by atoms with Crippen LogP contribution in [-0.4, -0.2) is 32.7 Å². The van der Waals surface area contributed by atoms with E-state index >= 15 is 0 Å². The third-order valence-corrected chi connectivity index (χ3v) is 3.32. The second-order valence-electron chi connectivity index (χ2n) is 4.41. The summed E-state index contributed by atoms with van der Waals surface area (Å²) in [5, 5.41) is 12.1. The molecule has 1 heterocycles. The monoisotopic (exact) mass is 275 g/mol. The first-order chi connectivity index (χ1) is 9.65. The van der Waals surface area contributed by atoms with E-state index in [9.17, 15) is 4.79 Å². The number of hydrogen-bond donors (Lipinski definition) is 1. The molecule has 0 aromatic heterocycles. The molecule has 1 aromatic rings. The number of carbonyl (C=O) groups excluding carboxylic acids is 1. The van der Waals surface area contributed by atoms with Crippen molar-refractivity contribution in [2.75, 3.05) is 31.0 Å². The Balaban J connectivity index is 2.54. The van der Waals surface area contributed by atoms with E-state index in [4.69, 9.17) is 14.7 Å². The Bertz CT molecular complexity index is 566. The van der Waals surface area contributed by atoms with Crippen molar-refractivity contribution in [3.8, 4) is 17.6 Å². The Morgan fingerprint density at radius 3 is 2.55 bits per heavy atom. The Morgan fingerprint density at radius 1 is 1.35 bits per heavy atom. The van der Waals surface area contributed by atoms with Crippen molar-refractivity contribution in [3.63, 3.8) is 0 Å². The predicted octanol–water partition coefficient (Wildman–Crippen LogP) is 1.76. The molecule has 0 spiro atoms. The fourth-order valence-corrected chi connectivity index (χ4v) is 2.27. The zero-order valence-electron chi connectivity index (χ0n) is 11.8. The van der Waals surface area contributed by atoms with Crippen LogP contribution < -0.4 is 19.7 Å². The summed E-state index contributed by atoms with van der Waals surface area (Å²) in [6.07, 6.45) is 0.647. The van der Waals surface area contributed by atoms with E-state index in [2.05, 4.69) is 5.32 Å². The first kappa shape index (κ1) is 14.0. The Labute approximate surface area is 117 Å². The number of anilines is 2. The summed E-state index contributed by atoms with van der Waals surface area (Å²) in [6.45, 7) is 1.94. The maximum absolute atomic E-state index is 12.3. The van der Waals surface area contributed by atoms with Crippen molar-refractivity contribution >= 4 is 17.3 Å². The van der Waals surface area contributed by atoms with Gasteiger partial charge in [-0.05, 0) is 6.42 Å². The van der Waals surface area contributed by atoms with E-state index in [1.54, 1.807) is 19.2 Å². The maximum Gasteiger partial charge on any atom is 0.250 e. The van der Waals surface area contributed by atoms with Crippen LogP contribution in [-0.2, 0) is 4.79 Å². The number of methoxy groups -OCH3 is 2. The summed E-state index contributed by atoms with van der Waals surface area (Å²) >= 11 is 0. The van der Waals surface area contributed by atoms with Gasteiger partial charge < -0.3 is 14.8 Å².